The number of anilines is 1. The second kappa shape index (κ2) is 6.20. The number of hydrogen-bond acceptors (Lipinski definition) is 3. The summed E-state index contributed by atoms with van der Waals surface area (Å²) >= 11 is 3.38. The number of nitrogens with zero attached hydrogens (tertiary/aromatic N) is 1. The fourth-order valence-corrected chi connectivity index (χ4v) is 2.21. The summed E-state index contributed by atoms with van der Waals surface area (Å²) in [6, 6.07) is 5.75. The number of carbonyl (C=O) groups excluding carboxylic acids is 1. The highest BCUT2D eigenvalue weighted by molar-refractivity contribution is 9.10. The molecule has 18 heavy (non-hydrogen) atoms. The van der Waals surface area contributed by atoms with Gasteiger partial charge in [-0.15, -0.1) is 0 Å². The first-order valence-corrected chi connectivity index (χ1v) is 6.64. The molecule has 1 amide bonds. The summed E-state index contributed by atoms with van der Waals surface area (Å²) in [5.74, 6) is -0.386. The Morgan fingerprint density at radius 2 is 2.06 bits per heavy atom. The maximum atomic E-state index is 11.1. The van der Waals surface area contributed by atoms with Crippen molar-refractivity contribution in [2.24, 2.45) is 5.73 Å². The van der Waals surface area contributed by atoms with Crippen molar-refractivity contribution in [3.05, 3.63) is 28.2 Å². The van der Waals surface area contributed by atoms with Crippen LogP contribution in [0.5, 0.6) is 0 Å². The Kier molecular flexibility index (Phi) is 5.16. The molecular formula is C13H19BrN2O2. The summed E-state index contributed by atoms with van der Waals surface area (Å²) in [5, 5.41) is 9.83. The van der Waals surface area contributed by atoms with Crippen LogP contribution in [0.2, 0.25) is 0 Å². The maximum Gasteiger partial charge on any atom is 0.236 e. The second-order valence-corrected chi connectivity index (χ2v) is 5.48. The van der Waals surface area contributed by atoms with Gasteiger partial charge in [-0.05, 0) is 39.0 Å². The molecule has 0 saturated heterocycles. The molecule has 0 fully saturated rings. The van der Waals surface area contributed by atoms with Crippen LogP contribution in [0.15, 0.2) is 22.7 Å². The standard InChI is InChI=1S/C13H19BrN2O2/c1-8(2)16(7-13(15)18)12-5-4-10(14)6-11(12)9(3)17/h4-6,8-9,17H,7H2,1-3H3,(H2,15,18). The number of primary amides is 1. The number of benzene rings is 1. The number of carbonyl (C=O) groups is 1. The van der Waals surface area contributed by atoms with Crippen LogP contribution in [-0.2, 0) is 4.79 Å². The third-order valence-corrected chi connectivity index (χ3v) is 3.19. The van der Waals surface area contributed by atoms with Gasteiger partial charge in [0, 0.05) is 21.8 Å². The van der Waals surface area contributed by atoms with Crippen molar-refractivity contribution in [2.45, 2.75) is 32.9 Å². The van der Waals surface area contributed by atoms with E-state index in [1.165, 1.54) is 0 Å². The minimum absolute atomic E-state index is 0.121. The lowest BCUT2D eigenvalue weighted by molar-refractivity contribution is -0.116. The van der Waals surface area contributed by atoms with E-state index in [9.17, 15) is 9.90 Å². The Morgan fingerprint density at radius 1 is 1.44 bits per heavy atom. The highest BCUT2D eigenvalue weighted by atomic mass is 79.9. The lowest BCUT2D eigenvalue weighted by Crippen LogP contribution is -2.39. The largest absolute Gasteiger partial charge is 0.389 e. The minimum atomic E-state index is -0.605. The van der Waals surface area contributed by atoms with Crippen molar-refractivity contribution < 1.29 is 9.90 Å². The molecule has 5 heteroatoms. The van der Waals surface area contributed by atoms with Gasteiger partial charge in [0.1, 0.15) is 0 Å². The molecular weight excluding hydrogens is 296 g/mol. The maximum absolute atomic E-state index is 11.1. The van der Waals surface area contributed by atoms with Crippen LogP contribution in [0.25, 0.3) is 0 Å². The Morgan fingerprint density at radius 3 is 2.50 bits per heavy atom. The monoisotopic (exact) mass is 314 g/mol. The van der Waals surface area contributed by atoms with E-state index >= 15 is 0 Å². The van der Waals surface area contributed by atoms with Crippen LogP contribution in [0, 0.1) is 0 Å². The third kappa shape index (κ3) is 3.71. The predicted molar refractivity (Wildman–Crippen MR) is 76.5 cm³/mol. The number of hydrogen-bond donors (Lipinski definition) is 2. The smallest absolute Gasteiger partial charge is 0.236 e. The fourth-order valence-electron chi connectivity index (χ4n) is 1.84. The van der Waals surface area contributed by atoms with Gasteiger partial charge in [0.2, 0.25) is 5.91 Å². The van der Waals surface area contributed by atoms with E-state index in [0.717, 1.165) is 15.7 Å². The van der Waals surface area contributed by atoms with E-state index in [-0.39, 0.29) is 18.5 Å². The van der Waals surface area contributed by atoms with Crippen LogP contribution in [0.1, 0.15) is 32.4 Å². The molecule has 0 bridgehead atoms. The molecule has 100 valence electrons. The third-order valence-electron chi connectivity index (χ3n) is 2.70. The van der Waals surface area contributed by atoms with E-state index in [1.54, 1.807) is 6.92 Å². The van der Waals surface area contributed by atoms with Gasteiger partial charge in [0.15, 0.2) is 0 Å². The van der Waals surface area contributed by atoms with Crippen molar-refractivity contribution in [2.75, 3.05) is 11.4 Å². The molecule has 1 atom stereocenters. The van der Waals surface area contributed by atoms with Gasteiger partial charge >= 0.3 is 0 Å². The molecule has 0 radical (unpaired) electrons. The summed E-state index contributed by atoms with van der Waals surface area (Å²) in [5.41, 5.74) is 6.88. The molecule has 3 N–H and O–H groups in total. The fraction of sp³-hybridized carbons (Fsp3) is 0.462. The second-order valence-electron chi connectivity index (χ2n) is 4.57. The van der Waals surface area contributed by atoms with E-state index in [0.29, 0.717) is 0 Å². The number of aliphatic hydroxyl groups excluding tert-OH is 1. The predicted octanol–water partition coefficient (Wildman–Crippen LogP) is 2.20. The normalized spacial score (nSPS) is 12.6. The van der Waals surface area contributed by atoms with Crippen molar-refractivity contribution in [1.82, 2.24) is 0 Å². The van der Waals surface area contributed by atoms with Gasteiger partial charge in [-0.25, -0.2) is 0 Å². The molecule has 0 spiro atoms. The summed E-state index contributed by atoms with van der Waals surface area (Å²) in [7, 11) is 0. The first-order chi connectivity index (χ1) is 8.32. The zero-order valence-corrected chi connectivity index (χ0v) is 12.4. The van der Waals surface area contributed by atoms with Gasteiger partial charge in [0.05, 0.1) is 12.6 Å². The van der Waals surface area contributed by atoms with E-state index in [2.05, 4.69) is 15.9 Å². The summed E-state index contributed by atoms with van der Waals surface area (Å²) in [6.45, 7) is 5.81. The molecule has 1 aromatic carbocycles. The Bertz CT molecular complexity index is 433. The summed E-state index contributed by atoms with van der Waals surface area (Å²) in [4.78, 5) is 13.0. The number of amides is 1. The molecule has 4 nitrogen and oxygen atoms in total. The first kappa shape index (κ1) is 15.0. The summed E-state index contributed by atoms with van der Waals surface area (Å²) < 4.78 is 0.893. The molecule has 0 aliphatic rings. The highest BCUT2D eigenvalue weighted by Crippen LogP contribution is 2.30. The lowest BCUT2D eigenvalue weighted by atomic mass is 10.1. The van der Waals surface area contributed by atoms with E-state index in [1.807, 2.05) is 36.9 Å². The Labute approximate surface area is 116 Å². The molecule has 0 saturated carbocycles. The minimum Gasteiger partial charge on any atom is -0.389 e. The van der Waals surface area contributed by atoms with Gasteiger partial charge < -0.3 is 15.7 Å². The molecule has 0 aliphatic carbocycles. The number of halogens is 1. The van der Waals surface area contributed by atoms with Crippen LogP contribution in [-0.4, -0.2) is 23.6 Å². The van der Waals surface area contributed by atoms with Crippen LogP contribution in [0.4, 0.5) is 5.69 Å². The zero-order valence-electron chi connectivity index (χ0n) is 10.9. The number of rotatable bonds is 5. The highest BCUT2D eigenvalue weighted by Gasteiger charge is 2.18. The molecule has 1 rings (SSSR count). The zero-order chi connectivity index (χ0) is 13.9. The average Bonchev–Trinajstić information content (AvgIpc) is 2.25. The molecule has 0 aromatic heterocycles. The molecule has 1 unspecified atom stereocenters. The van der Waals surface area contributed by atoms with Crippen LogP contribution < -0.4 is 10.6 Å². The Hall–Kier alpha value is -1.07. The van der Waals surface area contributed by atoms with Crippen molar-refractivity contribution in [3.63, 3.8) is 0 Å². The molecule has 1 aromatic rings. The quantitative estimate of drug-likeness (QED) is 0.875. The van der Waals surface area contributed by atoms with Crippen molar-refractivity contribution >= 4 is 27.5 Å². The van der Waals surface area contributed by atoms with Gasteiger partial charge in [-0.1, -0.05) is 15.9 Å². The Balaban J connectivity index is 3.22. The van der Waals surface area contributed by atoms with Gasteiger partial charge in [0.25, 0.3) is 0 Å². The average molecular weight is 315 g/mol. The van der Waals surface area contributed by atoms with Gasteiger partial charge in [-0.2, -0.15) is 0 Å². The topological polar surface area (TPSA) is 66.6 Å². The van der Waals surface area contributed by atoms with E-state index < -0.39 is 6.10 Å². The first-order valence-electron chi connectivity index (χ1n) is 5.85. The molecule has 0 aliphatic heterocycles. The number of aliphatic hydroxyl groups is 1. The van der Waals surface area contributed by atoms with Crippen LogP contribution in [0.3, 0.4) is 0 Å². The lowest BCUT2D eigenvalue weighted by Gasteiger charge is -2.30. The van der Waals surface area contributed by atoms with Crippen LogP contribution >= 0.6 is 15.9 Å². The van der Waals surface area contributed by atoms with Gasteiger partial charge in [-0.3, -0.25) is 4.79 Å². The SMILES string of the molecule is CC(O)c1cc(Br)ccc1N(CC(N)=O)C(C)C. The summed E-state index contributed by atoms with van der Waals surface area (Å²) in [6.07, 6.45) is -0.605. The van der Waals surface area contributed by atoms with E-state index in [4.69, 9.17) is 5.73 Å². The molecule has 0 heterocycles. The van der Waals surface area contributed by atoms with Crippen molar-refractivity contribution in [3.8, 4) is 0 Å². The van der Waals surface area contributed by atoms with Crippen molar-refractivity contribution in [1.29, 1.82) is 0 Å². The number of nitrogens with two attached hydrogens (primary N) is 1.